The van der Waals surface area contributed by atoms with E-state index >= 15 is 0 Å². The number of rotatable bonds is 4. The van der Waals surface area contributed by atoms with Gasteiger partial charge in [0.05, 0.1) is 12.4 Å². The van der Waals surface area contributed by atoms with Gasteiger partial charge in [-0.3, -0.25) is 14.5 Å². The third kappa shape index (κ3) is 3.96. The number of hydrogen-bond acceptors (Lipinski definition) is 5. The molecule has 0 atom stereocenters. The first-order valence-electron chi connectivity index (χ1n) is 8.89. The number of hydrogen-bond donors (Lipinski definition) is 0. The maximum absolute atomic E-state index is 6.07. The molecule has 3 heterocycles. The zero-order valence-corrected chi connectivity index (χ0v) is 16.7. The van der Waals surface area contributed by atoms with Crippen LogP contribution in [0.15, 0.2) is 48.8 Å². The van der Waals surface area contributed by atoms with Crippen molar-refractivity contribution in [3.63, 3.8) is 0 Å². The Morgan fingerprint density at radius 1 is 1.00 bits per heavy atom. The molecule has 0 spiro atoms. The van der Waals surface area contributed by atoms with E-state index in [1.807, 2.05) is 45.6 Å². The van der Waals surface area contributed by atoms with Crippen LogP contribution in [-0.4, -0.2) is 62.4 Å². The molecule has 27 heavy (non-hydrogen) atoms. The smallest absolute Gasteiger partial charge is 0.204 e. The fourth-order valence-electron chi connectivity index (χ4n) is 3.19. The molecule has 1 aliphatic heterocycles. The van der Waals surface area contributed by atoms with Crippen molar-refractivity contribution in [2.75, 3.05) is 33.2 Å². The van der Waals surface area contributed by atoms with Crippen LogP contribution in [0.5, 0.6) is 0 Å². The van der Waals surface area contributed by atoms with Crippen molar-refractivity contribution >= 4 is 23.8 Å². The molecule has 0 N–H and O–H groups in total. The maximum Gasteiger partial charge on any atom is 0.204 e. The van der Waals surface area contributed by atoms with Crippen LogP contribution in [0.25, 0.3) is 17.1 Å². The Kier molecular flexibility index (Phi) is 5.36. The lowest BCUT2D eigenvalue weighted by Crippen LogP contribution is -2.45. The Morgan fingerprint density at radius 2 is 1.67 bits per heavy atom. The van der Waals surface area contributed by atoms with Gasteiger partial charge in [-0.25, -0.2) is 4.68 Å². The summed E-state index contributed by atoms with van der Waals surface area (Å²) in [5.74, 6) is 0.804. The molecular weight excluding hydrogens is 380 g/mol. The van der Waals surface area contributed by atoms with Gasteiger partial charge in [0.1, 0.15) is 0 Å². The third-order valence-corrected chi connectivity index (χ3v) is 5.44. The molecular formula is C19H21ClN6S. The van der Waals surface area contributed by atoms with Crippen LogP contribution < -0.4 is 0 Å². The zero-order chi connectivity index (χ0) is 18.8. The third-order valence-electron chi connectivity index (χ3n) is 4.79. The molecule has 2 aromatic heterocycles. The zero-order valence-electron chi connectivity index (χ0n) is 15.1. The molecule has 0 unspecified atom stereocenters. The monoisotopic (exact) mass is 400 g/mol. The fourth-order valence-corrected chi connectivity index (χ4v) is 3.61. The molecule has 8 heteroatoms. The summed E-state index contributed by atoms with van der Waals surface area (Å²) in [6, 6.07) is 11.6. The van der Waals surface area contributed by atoms with Crippen LogP contribution in [0.2, 0.25) is 5.02 Å². The minimum atomic E-state index is 0.670. The molecule has 6 nitrogen and oxygen atoms in total. The molecule has 0 aliphatic carbocycles. The predicted octanol–water partition coefficient (Wildman–Crippen LogP) is 3.32. The number of likely N-dealkylation sites (N-methyl/N-ethyl adjacent to an activating group) is 1. The van der Waals surface area contributed by atoms with Crippen molar-refractivity contribution in [1.29, 1.82) is 0 Å². The molecule has 1 saturated heterocycles. The summed E-state index contributed by atoms with van der Waals surface area (Å²) in [5.41, 5.74) is 1.92. The lowest BCUT2D eigenvalue weighted by atomic mass is 10.2. The van der Waals surface area contributed by atoms with Gasteiger partial charge in [-0.1, -0.05) is 11.6 Å². The van der Waals surface area contributed by atoms with Crippen molar-refractivity contribution < 1.29 is 0 Å². The molecule has 1 fully saturated rings. The van der Waals surface area contributed by atoms with E-state index in [9.17, 15) is 0 Å². The first kappa shape index (κ1) is 18.3. The van der Waals surface area contributed by atoms with Crippen molar-refractivity contribution in [2.45, 2.75) is 6.67 Å². The van der Waals surface area contributed by atoms with Gasteiger partial charge in [-0.2, -0.15) is 0 Å². The van der Waals surface area contributed by atoms with Gasteiger partial charge in [0.25, 0.3) is 0 Å². The highest BCUT2D eigenvalue weighted by Gasteiger charge is 2.18. The highest BCUT2D eigenvalue weighted by Crippen LogP contribution is 2.23. The molecule has 1 aromatic carbocycles. The second kappa shape index (κ2) is 7.90. The van der Waals surface area contributed by atoms with Crippen LogP contribution in [0.4, 0.5) is 0 Å². The highest BCUT2D eigenvalue weighted by atomic mass is 35.5. The van der Waals surface area contributed by atoms with E-state index in [4.69, 9.17) is 28.9 Å². The molecule has 140 valence electrons. The van der Waals surface area contributed by atoms with Crippen molar-refractivity contribution in [3.05, 3.63) is 58.6 Å². The Hall–Kier alpha value is -2.06. The Labute approximate surface area is 168 Å². The van der Waals surface area contributed by atoms with E-state index in [2.05, 4.69) is 21.8 Å². The first-order valence-corrected chi connectivity index (χ1v) is 9.67. The topological polar surface area (TPSA) is 42.1 Å². The van der Waals surface area contributed by atoms with Crippen molar-refractivity contribution in [3.8, 4) is 17.1 Å². The summed E-state index contributed by atoms with van der Waals surface area (Å²) in [6.45, 7) is 4.82. The van der Waals surface area contributed by atoms with E-state index in [1.54, 1.807) is 12.4 Å². The second-order valence-electron chi connectivity index (χ2n) is 6.72. The minimum Gasteiger partial charge on any atom is -0.304 e. The number of nitrogens with zero attached hydrogens (tertiary/aromatic N) is 6. The summed E-state index contributed by atoms with van der Waals surface area (Å²) in [5, 5.41) is 5.55. The summed E-state index contributed by atoms with van der Waals surface area (Å²) in [7, 11) is 2.15. The average molecular weight is 401 g/mol. The second-order valence-corrected chi connectivity index (χ2v) is 7.52. The number of halogens is 1. The quantitative estimate of drug-likeness (QED) is 0.628. The van der Waals surface area contributed by atoms with E-state index < -0.39 is 0 Å². The number of piperazine rings is 1. The molecule has 0 radical (unpaired) electrons. The van der Waals surface area contributed by atoms with E-state index in [0.717, 1.165) is 43.3 Å². The number of pyridine rings is 1. The van der Waals surface area contributed by atoms with Gasteiger partial charge in [0, 0.05) is 49.2 Å². The molecule has 0 saturated carbocycles. The highest BCUT2D eigenvalue weighted by molar-refractivity contribution is 7.71. The summed E-state index contributed by atoms with van der Waals surface area (Å²) < 4.78 is 4.57. The standard InChI is InChI=1S/C19H21ClN6S/c1-23-10-12-24(13-11-23)14-25-19(27)26(17-4-2-16(20)3-5-17)18(22-25)15-6-8-21-9-7-15/h2-9H,10-14H2,1H3. The van der Waals surface area contributed by atoms with Crippen molar-refractivity contribution in [2.24, 2.45) is 0 Å². The van der Waals surface area contributed by atoms with E-state index in [0.29, 0.717) is 16.5 Å². The van der Waals surface area contributed by atoms with Gasteiger partial charge in [0.2, 0.25) is 4.77 Å². The van der Waals surface area contributed by atoms with Gasteiger partial charge in [-0.05, 0) is 55.7 Å². The summed E-state index contributed by atoms with van der Waals surface area (Å²) in [6.07, 6.45) is 3.54. The van der Waals surface area contributed by atoms with Gasteiger partial charge in [-0.15, -0.1) is 5.10 Å². The van der Waals surface area contributed by atoms with Gasteiger partial charge in [0.15, 0.2) is 5.82 Å². The van der Waals surface area contributed by atoms with Crippen LogP contribution >= 0.6 is 23.8 Å². The van der Waals surface area contributed by atoms with E-state index in [-0.39, 0.29) is 0 Å². The molecule has 0 amide bonds. The van der Waals surface area contributed by atoms with Gasteiger partial charge >= 0.3 is 0 Å². The Morgan fingerprint density at radius 3 is 2.33 bits per heavy atom. The maximum atomic E-state index is 6.07. The lowest BCUT2D eigenvalue weighted by Gasteiger charge is -2.31. The fraction of sp³-hybridized carbons (Fsp3) is 0.316. The molecule has 4 rings (SSSR count). The number of aromatic nitrogens is 4. The van der Waals surface area contributed by atoms with Crippen LogP contribution in [0.1, 0.15) is 0 Å². The number of benzene rings is 1. The summed E-state index contributed by atoms with van der Waals surface area (Å²) >= 11 is 11.9. The average Bonchev–Trinajstić information content (AvgIpc) is 3.01. The predicted molar refractivity (Wildman–Crippen MR) is 110 cm³/mol. The minimum absolute atomic E-state index is 0.670. The van der Waals surface area contributed by atoms with Crippen molar-refractivity contribution in [1.82, 2.24) is 29.1 Å². The SMILES string of the molecule is CN1CCN(Cn2nc(-c3ccncc3)n(-c3ccc(Cl)cc3)c2=S)CC1. The normalized spacial score (nSPS) is 15.9. The summed E-state index contributed by atoms with van der Waals surface area (Å²) in [4.78, 5) is 8.83. The Bertz CT molecular complexity index is 958. The van der Waals surface area contributed by atoms with Crippen LogP contribution in [-0.2, 0) is 6.67 Å². The molecule has 3 aromatic rings. The first-order chi connectivity index (χ1) is 13.1. The Balaban J connectivity index is 1.75. The lowest BCUT2D eigenvalue weighted by molar-refractivity contribution is 0.119. The largest absolute Gasteiger partial charge is 0.304 e. The van der Waals surface area contributed by atoms with Crippen LogP contribution in [0, 0.1) is 4.77 Å². The molecule has 1 aliphatic rings. The molecule has 0 bridgehead atoms. The van der Waals surface area contributed by atoms with Crippen LogP contribution in [0.3, 0.4) is 0 Å². The van der Waals surface area contributed by atoms with E-state index in [1.165, 1.54) is 0 Å². The van der Waals surface area contributed by atoms with Gasteiger partial charge < -0.3 is 4.90 Å².